The fraction of sp³-hybridized carbons (Fsp3) is 0.929. The van der Waals surface area contributed by atoms with E-state index in [1.165, 1.54) is 0 Å². The van der Waals surface area contributed by atoms with Gasteiger partial charge in [0, 0.05) is 25.2 Å². The maximum atomic E-state index is 12.8. The molecule has 7 heteroatoms. The van der Waals surface area contributed by atoms with Crippen LogP contribution in [0, 0.1) is 5.92 Å². The number of carbonyl (C=O) groups is 1. The average molecular weight is 317 g/mol. The molecule has 1 aliphatic carbocycles. The maximum absolute atomic E-state index is 12.8. The van der Waals surface area contributed by atoms with Crippen molar-refractivity contribution in [3.05, 3.63) is 0 Å². The Labute approximate surface area is 127 Å². The Morgan fingerprint density at radius 2 is 1.86 bits per heavy atom. The zero-order valence-electron chi connectivity index (χ0n) is 12.8. The summed E-state index contributed by atoms with van der Waals surface area (Å²) in [4.78, 5) is 14.6. The molecule has 0 spiro atoms. The van der Waals surface area contributed by atoms with Gasteiger partial charge in [-0.15, -0.1) is 0 Å². The predicted octanol–water partition coefficient (Wildman–Crippen LogP) is 0.434. The van der Waals surface area contributed by atoms with Crippen LogP contribution in [0.25, 0.3) is 0 Å². The van der Waals surface area contributed by atoms with E-state index in [1.54, 1.807) is 0 Å². The molecular formula is C14H27N3O3S. The normalized spacial score (nSPS) is 31.1. The van der Waals surface area contributed by atoms with Gasteiger partial charge in [0.05, 0.1) is 12.2 Å². The van der Waals surface area contributed by atoms with Crippen LogP contribution in [-0.4, -0.2) is 50.7 Å². The van der Waals surface area contributed by atoms with Gasteiger partial charge in [-0.05, 0) is 32.1 Å². The minimum Gasteiger partial charge on any atom is -0.338 e. The van der Waals surface area contributed by atoms with Crippen LogP contribution in [0.1, 0.15) is 44.9 Å². The number of rotatable bonds is 4. The van der Waals surface area contributed by atoms with Crippen molar-refractivity contribution in [1.29, 1.82) is 0 Å². The first-order chi connectivity index (χ1) is 9.88. The molecule has 0 bridgehead atoms. The van der Waals surface area contributed by atoms with E-state index in [0.29, 0.717) is 6.54 Å². The quantitative estimate of drug-likeness (QED) is 0.786. The van der Waals surface area contributed by atoms with E-state index >= 15 is 0 Å². The highest BCUT2D eigenvalue weighted by Gasteiger charge is 2.35. The van der Waals surface area contributed by atoms with Gasteiger partial charge in [0.2, 0.25) is 15.9 Å². The van der Waals surface area contributed by atoms with Crippen molar-refractivity contribution in [3.63, 3.8) is 0 Å². The molecule has 1 saturated carbocycles. The number of hydrogen-bond donors (Lipinski definition) is 2. The lowest BCUT2D eigenvalue weighted by Crippen LogP contribution is -2.54. The molecule has 0 aromatic carbocycles. The number of hydrogen-bond acceptors (Lipinski definition) is 4. The summed E-state index contributed by atoms with van der Waals surface area (Å²) in [5.74, 6) is 0.0415. The molecule has 1 amide bonds. The SMILES string of the molecule is CS(=O)(=O)NCC1CCCCN1C(=O)C1CCCCC1N. The zero-order valence-corrected chi connectivity index (χ0v) is 13.6. The molecule has 1 saturated heterocycles. The summed E-state index contributed by atoms with van der Waals surface area (Å²) < 4.78 is 25.1. The Kier molecular flexibility index (Phi) is 5.62. The number of nitrogens with two attached hydrogens (primary N) is 1. The van der Waals surface area contributed by atoms with Crippen LogP contribution >= 0.6 is 0 Å². The summed E-state index contributed by atoms with van der Waals surface area (Å²) in [6, 6.07) is -0.0770. The smallest absolute Gasteiger partial charge is 0.227 e. The first-order valence-corrected chi connectivity index (χ1v) is 9.78. The fourth-order valence-corrected chi connectivity index (χ4v) is 3.92. The lowest BCUT2D eigenvalue weighted by atomic mass is 9.83. The van der Waals surface area contributed by atoms with E-state index < -0.39 is 10.0 Å². The second-order valence-corrected chi connectivity index (χ2v) is 8.19. The topological polar surface area (TPSA) is 92.5 Å². The molecular weight excluding hydrogens is 290 g/mol. The third kappa shape index (κ3) is 4.66. The van der Waals surface area contributed by atoms with Crippen LogP contribution in [0.2, 0.25) is 0 Å². The van der Waals surface area contributed by atoms with Crippen LogP contribution < -0.4 is 10.5 Å². The van der Waals surface area contributed by atoms with Crippen molar-refractivity contribution in [3.8, 4) is 0 Å². The molecule has 2 fully saturated rings. The number of amides is 1. The average Bonchev–Trinajstić information content (AvgIpc) is 2.44. The van der Waals surface area contributed by atoms with Crippen molar-refractivity contribution in [2.75, 3.05) is 19.3 Å². The van der Waals surface area contributed by atoms with Crippen molar-refractivity contribution in [1.82, 2.24) is 9.62 Å². The van der Waals surface area contributed by atoms with Crippen LogP contribution in [-0.2, 0) is 14.8 Å². The van der Waals surface area contributed by atoms with Crippen LogP contribution in [0.4, 0.5) is 0 Å². The monoisotopic (exact) mass is 317 g/mol. The van der Waals surface area contributed by atoms with Gasteiger partial charge in [-0.25, -0.2) is 13.1 Å². The van der Waals surface area contributed by atoms with E-state index in [-0.39, 0.29) is 23.9 Å². The molecule has 6 nitrogen and oxygen atoms in total. The number of likely N-dealkylation sites (tertiary alicyclic amines) is 1. The van der Waals surface area contributed by atoms with Gasteiger partial charge in [0.1, 0.15) is 0 Å². The van der Waals surface area contributed by atoms with Gasteiger partial charge >= 0.3 is 0 Å². The summed E-state index contributed by atoms with van der Waals surface area (Å²) in [5, 5.41) is 0. The maximum Gasteiger partial charge on any atom is 0.227 e. The van der Waals surface area contributed by atoms with Crippen molar-refractivity contribution in [2.45, 2.75) is 57.0 Å². The van der Waals surface area contributed by atoms with Gasteiger partial charge in [-0.3, -0.25) is 4.79 Å². The second-order valence-electron chi connectivity index (χ2n) is 6.36. The molecule has 1 heterocycles. The molecule has 0 aromatic heterocycles. The zero-order chi connectivity index (χ0) is 15.5. The summed E-state index contributed by atoms with van der Waals surface area (Å²) >= 11 is 0. The van der Waals surface area contributed by atoms with E-state index in [2.05, 4.69) is 4.72 Å². The minimum absolute atomic E-state index is 0.0323. The number of nitrogens with one attached hydrogen (secondary N) is 1. The molecule has 21 heavy (non-hydrogen) atoms. The van der Waals surface area contributed by atoms with Gasteiger partial charge in [-0.2, -0.15) is 0 Å². The summed E-state index contributed by atoms with van der Waals surface area (Å²) in [5.41, 5.74) is 6.12. The van der Waals surface area contributed by atoms with Crippen molar-refractivity contribution in [2.24, 2.45) is 11.7 Å². The lowest BCUT2D eigenvalue weighted by molar-refractivity contribution is -0.140. The third-order valence-electron chi connectivity index (χ3n) is 4.63. The predicted molar refractivity (Wildman–Crippen MR) is 82.1 cm³/mol. The van der Waals surface area contributed by atoms with Gasteiger partial charge in [0.25, 0.3) is 0 Å². The van der Waals surface area contributed by atoms with E-state index in [4.69, 9.17) is 5.73 Å². The van der Waals surface area contributed by atoms with Crippen LogP contribution in [0.5, 0.6) is 0 Å². The molecule has 3 atom stereocenters. The van der Waals surface area contributed by atoms with E-state index in [0.717, 1.165) is 57.7 Å². The first kappa shape index (κ1) is 16.7. The van der Waals surface area contributed by atoms with Crippen LogP contribution in [0.3, 0.4) is 0 Å². The van der Waals surface area contributed by atoms with Gasteiger partial charge < -0.3 is 10.6 Å². The largest absolute Gasteiger partial charge is 0.338 e. The second kappa shape index (κ2) is 7.07. The Bertz CT molecular complexity index is 466. The fourth-order valence-electron chi connectivity index (χ4n) is 3.43. The Morgan fingerprint density at radius 1 is 1.19 bits per heavy atom. The van der Waals surface area contributed by atoms with Crippen LogP contribution in [0.15, 0.2) is 0 Å². The third-order valence-corrected chi connectivity index (χ3v) is 5.32. The Hall–Kier alpha value is -0.660. The number of carbonyl (C=O) groups excluding carboxylic acids is 1. The van der Waals surface area contributed by atoms with Crippen molar-refractivity contribution >= 4 is 15.9 Å². The summed E-state index contributed by atoms with van der Waals surface area (Å²) in [6.45, 7) is 1.03. The molecule has 3 N–H and O–H groups in total. The van der Waals surface area contributed by atoms with E-state index in [9.17, 15) is 13.2 Å². The number of piperidine rings is 1. The number of sulfonamides is 1. The molecule has 1 aliphatic heterocycles. The molecule has 0 aromatic rings. The highest BCUT2D eigenvalue weighted by Crippen LogP contribution is 2.27. The lowest BCUT2D eigenvalue weighted by Gasteiger charge is -2.40. The molecule has 0 radical (unpaired) electrons. The molecule has 2 rings (SSSR count). The molecule has 2 aliphatic rings. The summed E-state index contributed by atoms with van der Waals surface area (Å²) in [6.07, 6.45) is 7.97. The standard InChI is InChI=1S/C14H27N3O3S/c1-21(19,20)16-10-11-6-4-5-9-17(11)14(18)12-7-2-3-8-13(12)15/h11-13,16H,2-10,15H2,1H3. The van der Waals surface area contributed by atoms with Gasteiger partial charge in [-0.1, -0.05) is 12.8 Å². The first-order valence-electron chi connectivity index (χ1n) is 7.89. The van der Waals surface area contributed by atoms with Gasteiger partial charge in [0.15, 0.2) is 0 Å². The van der Waals surface area contributed by atoms with E-state index in [1.807, 2.05) is 4.90 Å². The summed E-state index contributed by atoms with van der Waals surface area (Å²) in [7, 11) is -3.22. The number of nitrogens with zero attached hydrogens (tertiary/aromatic N) is 1. The Morgan fingerprint density at radius 3 is 2.52 bits per heavy atom. The highest BCUT2D eigenvalue weighted by molar-refractivity contribution is 7.88. The molecule has 122 valence electrons. The molecule has 3 unspecified atom stereocenters. The minimum atomic E-state index is -3.22. The highest BCUT2D eigenvalue weighted by atomic mass is 32.2. The van der Waals surface area contributed by atoms with Crippen molar-refractivity contribution < 1.29 is 13.2 Å². The Balaban J connectivity index is 2.01.